The van der Waals surface area contributed by atoms with E-state index in [9.17, 15) is 49.0 Å². The molecule has 2 heterocycles. The van der Waals surface area contributed by atoms with Crippen molar-refractivity contribution in [3.05, 3.63) is 176 Å². The average molecular weight is 1120 g/mol. The summed E-state index contributed by atoms with van der Waals surface area (Å²) in [5, 5.41) is 30.0. The van der Waals surface area contributed by atoms with E-state index in [0.717, 1.165) is 26.4 Å². The number of benzene rings is 4. The van der Waals surface area contributed by atoms with E-state index in [0.29, 0.717) is 47.9 Å². The average Bonchev–Trinajstić information content (AvgIpc) is 3.69. The molecule has 0 saturated heterocycles. The SMILES string of the molecule is CCCCC(NC(=O)c1ccccc1[N+](=O)[O-])(C(=O)OCC)N(CC(=O)OC)Cc1cc(-c2ccccc2)cc(-c2cc(-c3ccccc3)cc(CN(CC(=O)OC)C(CCCC)(NC(=O)c3ccccc3[N+](=O)[O-])C(=O)OCC)n2)n1. The van der Waals surface area contributed by atoms with E-state index in [-0.39, 0.29) is 73.0 Å². The second-order valence-electron chi connectivity index (χ2n) is 18.9. The Morgan fingerprint density at radius 2 is 0.866 bits per heavy atom. The monoisotopic (exact) mass is 1120 g/mol. The van der Waals surface area contributed by atoms with Crippen molar-refractivity contribution in [2.24, 2.45) is 0 Å². The quantitative estimate of drug-likeness (QED) is 0.0146. The van der Waals surface area contributed by atoms with Crippen LogP contribution in [-0.2, 0) is 51.2 Å². The molecule has 4 aromatic carbocycles. The fourth-order valence-corrected chi connectivity index (χ4v) is 9.37. The molecular weight excluding hydrogens is 1060 g/mol. The maximum atomic E-state index is 14.7. The molecule has 2 aromatic heterocycles. The van der Waals surface area contributed by atoms with E-state index < -0.39 is 81.3 Å². The van der Waals surface area contributed by atoms with Gasteiger partial charge in [0, 0.05) is 25.2 Å². The number of hydrogen-bond acceptors (Lipinski definition) is 18. The first-order chi connectivity index (χ1) is 39.5. The highest BCUT2D eigenvalue weighted by molar-refractivity contribution is 6.02. The predicted octanol–water partition coefficient (Wildman–Crippen LogP) is 9.00. The number of hydrogen-bond donors (Lipinski definition) is 2. The zero-order chi connectivity index (χ0) is 59.4. The molecule has 6 rings (SSSR count). The minimum atomic E-state index is -2.16. The zero-order valence-electron chi connectivity index (χ0n) is 46.6. The molecule has 430 valence electrons. The summed E-state index contributed by atoms with van der Waals surface area (Å²) in [7, 11) is 2.33. The fraction of sp³-hybridized carbons (Fsp3) is 0.333. The molecule has 0 saturated carbocycles. The van der Waals surface area contributed by atoms with Gasteiger partial charge in [-0.3, -0.25) is 49.2 Å². The molecule has 2 N–H and O–H groups in total. The van der Waals surface area contributed by atoms with Crippen molar-refractivity contribution in [2.45, 2.75) is 90.6 Å². The van der Waals surface area contributed by atoms with E-state index in [2.05, 4.69) is 10.6 Å². The van der Waals surface area contributed by atoms with Gasteiger partial charge in [0.15, 0.2) is 11.3 Å². The van der Waals surface area contributed by atoms with Gasteiger partial charge in [-0.25, -0.2) is 19.6 Å². The molecule has 82 heavy (non-hydrogen) atoms. The lowest BCUT2D eigenvalue weighted by molar-refractivity contribution is -0.385. The number of pyridine rings is 2. The normalized spacial score (nSPS) is 12.5. The number of esters is 4. The van der Waals surface area contributed by atoms with Crippen molar-refractivity contribution >= 4 is 47.1 Å². The van der Waals surface area contributed by atoms with Crippen molar-refractivity contribution in [3.8, 4) is 33.6 Å². The number of nitrogens with zero attached hydrogens (tertiary/aromatic N) is 6. The number of nitro groups is 2. The van der Waals surface area contributed by atoms with Crippen molar-refractivity contribution in [3.63, 3.8) is 0 Å². The van der Waals surface area contributed by atoms with E-state index in [1.54, 1.807) is 38.1 Å². The van der Waals surface area contributed by atoms with Crippen LogP contribution in [-0.4, -0.2) is 117 Å². The number of rotatable bonds is 29. The van der Waals surface area contributed by atoms with Crippen LogP contribution in [0.4, 0.5) is 11.4 Å². The Morgan fingerprint density at radius 3 is 1.20 bits per heavy atom. The van der Waals surface area contributed by atoms with E-state index in [1.165, 1.54) is 46.2 Å². The molecule has 0 spiro atoms. The fourth-order valence-electron chi connectivity index (χ4n) is 9.37. The molecule has 0 bridgehead atoms. The highest BCUT2D eigenvalue weighted by Gasteiger charge is 2.50. The van der Waals surface area contributed by atoms with Crippen molar-refractivity contribution in [1.29, 1.82) is 0 Å². The van der Waals surface area contributed by atoms with Gasteiger partial charge >= 0.3 is 23.9 Å². The van der Waals surface area contributed by atoms with Gasteiger partial charge < -0.3 is 29.6 Å². The number of aromatic nitrogens is 2. The molecule has 0 aliphatic carbocycles. The zero-order valence-corrected chi connectivity index (χ0v) is 46.6. The van der Waals surface area contributed by atoms with Crippen LogP contribution in [0.2, 0.25) is 0 Å². The molecule has 22 nitrogen and oxygen atoms in total. The van der Waals surface area contributed by atoms with Crippen molar-refractivity contribution in [2.75, 3.05) is 40.5 Å². The minimum Gasteiger partial charge on any atom is -0.468 e. The molecule has 2 amide bonds. The predicted molar refractivity (Wildman–Crippen MR) is 302 cm³/mol. The summed E-state index contributed by atoms with van der Waals surface area (Å²) in [4.78, 5) is 121. The van der Waals surface area contributed by atoms with E-state index in [1.807, 2.05) is 74.5 Å². The van der Waals surface area contributed by atoms with E-state index in [4.69, 9.17) is 28.9 Å². The van der Waals surface area contributed by atoms with Gasteiger partial charge in [0.05, 0.1) is 73.1 Å². The summed E-state index contributed by atoms with van der Waals surface area (Å²) in [5.41, 5.74) is -2.45. The maximum Gasteiger partial charge on any atom is 0.347 e. The van der Waals surface area contributed by atoms with Crippen molar-refractivity contribution < 1.29 is 57.6 Å². The second kappa shape index (κ2) is 29.3. The lowest BCUT2D eigenvalue weighted by Gasteiger charge is -2.41. The Bertz CT molecular complexity index is 3040. The van der Waals surface area contributed by atoms with Gasteiger partial charge in [0.2, 0.25) is 0 Å². The van der Waals surface area contributed by atoms with Crippen LogP contribution in [0.5, 0.6) is 0 Å². The van der Waals surface area contributed by atoms with Gasteiger partial charge in [-0.1, -0.05) is 112 Å². The van der Waals surface area contributed by atoms with E-state index >= 15 is 0 Å². The standard InChI is InChI=1S/C60H66N8O14/c1-7-11-31-59(57(73)81-9-3,63-55(71)47-27-19-21-29-51(47)67(75)76)65(39-53(69)79-5)37-45-33-43(41-23-15-13-16-24-41)35-49(61-45)50-36-44(42-25-17-14-18-26-42)34-46(62-50)38-66(40-54(70)80-6)60(32-12-8-2,58(74)82-10-4)64-56(72)48-28-20-22-30-52(48)68(77)78/h13-30,33-36H,7-12,31-32,37-40H2,1-6H3,(H,63,71)(H,64,72). The lowest BCUT2D eigenvalue weighted by atomic mass is 9.97. The summed E-state index contributed by atoms with van der Waals surface area (Å²) in [6.07, 6.45) is 1.35. The lowest BCUT2D eigenvalue weighted by Crippen LogP contribution is -2.66. The third kappa shape index (κ3) is 15.1. The Hall–Kier alpha value is -9.28. The molecule has 0 aliphatic rings. The molecule has 2 unspecified atom stereocenters. The molecule has 6 aromatic rings. The van der Waals surface area contributed by atoms with Crippen LogP contribution < -0.4 is 10.6 Å². The van der Waals surface area contributed by atoms with Gasteiger partial charge in [0.25, 0.3) is 23.2 Å². The Balaban J connectivity index is 1.61. The highest BCUT2D eigenvalue weighted by atomic mass is 16.6. The number of ether oxygens (including phenoxy) is 4. The number of nitrogens with one attached hydrogen (secondary N) is 2. The molecule has 2 atom stereocenters. The largest absolute Gasteiger partial charge is 0.468 e. The highest BCUT2D eigenvalue weighted by Crippen LogP contribution is 2.34. The number of unbranched alkanes of at least 4 members (excludes halogenated alkanes) is 2. The molecular formula is C60H66N8O14. The van der Waals surface area contributed by atoms with Crippen LogP contribution in [0, 0.1) is 20.2 Å². The first-order valence-electron chi connectivity index (χ1n) is 26.7. The number of carbonyl (C=O) groups excluding carboxylic acids is 6. The van der Waals surface area contributed by atoms with Crippen LogP contribution >= 0.6 is 0 Å². The first-order valence-corrected chi connectivity index (χ1v) is 26.7. The number of nitro benzene ring substituents is 2. The van der Waals surface area contributed by atoms with Crippen LogP contribution in [0.3, 0.4) is 0 Å². The summed E-state index contributed by atoms with van der Waals surface area (Å²) >= 11 is 0. The number of amides is 2. The minimum absolute atomic E-state index is 0.128. The molecule has 0 radical (unpaired) electrons. The Morgan fingerprint density at radius 1 is 0.512 bits per heavy atom. The van der Waals surface area contributed by atoms with Gasteiger partial charge in [-0.2, -0.15) is 0 Å². The van der Waals surface area contributed by atoms with Crippen LogP contribution in [0.15, 0.2) is 133 Å². The third-order valence-corrected chi connectivity index (χ3v) is 13.5. The van der Waals surface area contributed by atoms with Crippen LogP contribution in [0.1, 0.15) is 98.3 Å². The first kappa shape index (κ1) is 61.9. The third-order valence-electron chi connectivity index (χ3n) is 13.5. The van der Waals surface area contributed by atoms with Gasteiger partial charge in [-0.15, -0.1) is 0 Å². The van der Waals surface area contributed by atoms with Crippen LogP contribution in [0.25, 0.3) is 33.6 Å². The Labute approximate surface area is 474 Å². The topological polar surface area (TPSA) is 282 Å². The number of carbonyl (C=O) groups is 6. The van der Waals surface area contributed by atoms with Gasteiger partial charge in [-0.05, 0) is 98.2 Å². The maximum absolute atomic E-state index is 14.7. The molecule has 0 fully saturated rings. The summed E-state index contributed by atoms with van der Waals surface area (Å²) in [5.74, 6) is -5.49. The van der Waals surface area contributed by atoms with Crippen molar-refractivity contribution in [1.82, 2.24) is 30.4 Å². The second-order valence-corrected chi connectivity index (χ2v) is 18.9. The number of methoxy groups -OCH3 is 2. The number of para-hydroxylation sites is 2. The smallest absolute Gasteiger partial charge is 0.347 e. The Kier molecular flexibility index (Phi) is 22.1. The summed E-state index contributed by atoms with van der Waals surface area (Å²) in [6, 6.07) is 36.0. The summed E-state index contributed by atoms with van der Waals surface area (Å²) < 4.78 is 21.7. The molecule has 22 heteroatoms. The molecule has 0 aliphatic heterocycles. The van der Waals surface area contributed by atoms with Gasteiger partial charge in [0.1, 0.15) is 11.1 Å². The summed E-state index contributed by atoms with van der Waals surface area (Å²) in [6.45, 7) is 4.66.